The molecule has 2 rings (SSSR count). The minimum atomic E-state index is -1.98. The standard InChI is InChI=1S/C14H13F2NO6/c1-22-5-7-6-23-12-10(3-2-9(15)11(12)16)17(7)4-8(13(18)19)14(20)21/h2-4,7H,5-6H2,1H3,(H,18,19)(H,20,21)/p-2. The summed E-state index contributed by atoms with van der Waals surface area (Å²) >= 11 is 0. The Hall–Kier alpha value is -2.68. The Morgan fingerprint density at radius 2 is 2.04 bits per heavy atom. The Morgan fingerprint density at radius 1 is 1.39 bits per heavy atom. The van der Waals surface area contributed by atoms with Gasteiger partial charge in [0.2, 0.25) is 5.82 Å². The zero-order valence-electron chi connectivity index (χ0n) is 11.9. The van der Waals surface area contributed by atoms with Crippen LogP contribution in [0.3, 0.4) is 0 Å². The number of carboxylic acid groups (broad SMARTS) is 2. The van der Waals surface area contributed by atoms with E-state index in [0.29, 0.717) is 6.20 Å². The third-order valence-corrected chi connectivity index (χ3v) is 3.19. The van der Waals surface area contributed by atoms with Crippen molar-refractivity contribution < 1.29 is 38.1 Å². The van der Waals surface area contributed by atoms with Gasteiger partial charge in [0.15, 0.2) is 11.6 Å². The summed E-state index contributed by atoms with van der Waals surface area (Å²) in [7, 11) is 1.36. The SMILES string of the molecule is COCC1COc2c(ccc(F)c2F)N1C=C(C(=O)[O-])C(=O)[O-]. The van der Waals surface area contributed by atoms with Gasteiger partial charge < -0.3 is 34.2 Å². The van der Waals surface area contributed by atoms with Gasteiger partial charge in [0.1, 0.15) is 6.61 Å². The van der Waals surface area contributed by atoms with E-state index in [1.165, 1.54) is 7.11 Å². The molecule has 0 saturated carbocycles. The van der Waals surface area contributed by atoms with E-state index in [1.54, 1.807) is 0 Å². The smallest absolute Gasteiger partial charge is 0.202 e. The highest BCUT2D eigenvalue weighted by atomic mass is 19.2. The summed E-state index contributed by atoms with van der Waals surface area (Å²) in [6.07, 6.45) is 0.715. The van der Waals surface area contributed by atoms with Crippen LogP contribution in [-0.2, 0) is 14.3 Å². The van der Waals surface area contributed by atoms with Crippen LogP contribution >= 0.6 is 0 Å². The van der Waals surface area contributed by atoms with E-state index in [4.69, 9.17) is 9.47 Å². The van der Waals surface area contributed by atoms with Crippen molar-refractivity contribution in [2.24, 2.45) is 0 Å². The number of fused-ring (bicyclic) bond motifs is 1. The topological polar surface area (TPSA) is 102 Å². The predicted octanol–water partition coefficient (Wildman–Crippen LogP) is -1.44. The Morgan fingerprint density at radius 3 is 2.61 bits per heavy atom. The number of carboxylic acids is 2. The Kier molecular flexibility index (Phi) is 4.80. The lowest BCUT2D eigenvalue weighted by Crippen LogP contribution is -2.45. The van der Waals surface area contributed by atoms with Crippen molar-refractivity contribution in [3.8, 4) is 5.75 Å². The monoisotopic (exact) mass is 327 g/mol. The highest BCUT2D eigenvalue weighted by molar-refractivity contribution is 6.11. The lowest BCUT2D eigenvalue weighted by atomic mass is 10.1. The minimum absolute atomic E-state index is 0.0162. The number of hydrogen-bond donors (Lipinski definition) is 0. The van der Waals surface area contributed by atoms with Gasteiger partial charge in [0.05, 0.1) is 30.3 Å². The van der Waals surface area contributed by atoms with Crippen LogP contribution in [0.15, 0.2) is 23.9 Å². The normalized spacial score (nSPS) is 16.3. The van der Waals surface area contributed by atoms with Crippen LogP contribution < -0.4 is 19.8 Å². The Labute approximate surface area is 129 Å². The van der Waals surface area contributed by atoms with E-state index < -0.39 is 40.9 Å². The van der Waals surface area contributed by atoms with Gasteiger partial charge in [-0.25, -0.2) is 4.39 Å². The fraction of sp³-hybridized carbons (Fsp3) is 0.286. The first-order chi connectivity index (χ1) is 10.9. The van der Waals surface area contributed by atoms with E-state index in [9.17, 15) is 28.6 Å². The maximum Gasteiger partial charge on any atom is 0.202 e. The largest absolute Gasteiger partial charge is 0.545 e. The molecule has 7 nitrogen and oxygen atoms in total. The summed E-state index contributed by atoms with van der Waals surface area (Å²) in [5.41, 5.74) is -1.19. The second kappa shape index (κ2) is 6.61. The molecule has 1 aromatic carbocycles. The third-order valence-electron chi connectivity index (χ3n) is 3.19. The van der Waals surface area contributed by atoms with Gasteiger partial charge in [-0.1, -0.05) is 0 Å². The Bertz CT molecular complexity index is 659. The van der Waals surface area contributed by atoms with Crippen LogP contribution in [0.1, 0.15) is 0 Å². The van der Waals surface area contributed by atoms with Gasteiger partial charge in [-0.2, -0.15) is 4.39 Å². The Balaban J connectivity index is 2.57. The van der Waals surface area contributed by atoms with E-state index in [0.717, 1.165) is 17.0 Å². The molecule has 0 N–H and O–H groups in total. The number of methoxy groups -OCH3 is 1. The van der Waals surface area contributed by atoms with E-state index >= 15 is 0 Å². The summed E-state index contributed by atoms with van der Waals surface area (Å²) in [6, 6.07) is 1.28. The van der Waals surface area contributed by atoms with Crippen LogP contribution in [0.25, 0.3) is 0 Å². The molecule has 1 aromatic rings. The second-order valence-electron chi connectivity index (χ2n) is 4.65. The lowest BCUT2D eigenvalue weighted by molar-refractivity contribution is -0.312. The van der Waals surface area contributed by atoms with E-state index in [2.05, 4.69) is 0 Å². The molecule has 0 aromatic heterocycles. The molecule has 0 radical (unpaired) electrons. The highest BCUT2D eigenvalue weighted by Crippen LogP contribution is 2.37. The average Bonchev–Trinajstić information content (AvgIpc) is 2.49. The molecule has 9 heteroatoms. The van der Waals surface area contributed by atoms with Crippen molar-refractivity contribution in [1.29, 1.82) is 0 Å². The van der Waals surface area contributed by atoms with Gasteiger partial charge in [0, 0.05) is 18.9 Å². The fourth-order valence-electron chi connectivity index (χ4n) is 2.14. The van der Waals surface area contributed by atoms with Gasteiger partial charge in [-0.15, -0.1) is 0 Å². The quantitative estimate of drug-likeness (QED) is 0.371. The molecule has 0 amide bonds. The number of halogens is 2. The number of hydrogen-bond acceptors (Lipinski definition) is 7. The van der Waals surface area contributed by atoms with Crippen LogP contribution in [-0.4, -0.2) is 38.3 Å². The minimum Gasteiger partial charge on any atom is -0.545 e. The van der Waals surface area contributed by atoms with Crippen molar-refractivity contribution in [2.45, 2.75) is 6.04 Å². The predicted molar refractivity (Wildman–Crippen MR) is 68.1 cm³/mol. The van der Waals surface area contributed by atoms with Crippen LogP contribution in [0.2, 0.25) is 0 Å². The fourth-order valence-corrected chi connectivity index (χ4v) is 2.14. The van der Waals surface area contributed by atoms with Crippen molar-refractivity contribution in [3.63, 3.8) is 0 Å². The molecule has 1 unspecified atom stereocenters. The molecule has 0 bridgehead atoms. The summed E-state index contributed by atoms with van der Waals surface area (Å²) < 4.78 is 37.1. The maximum absolute atomic E-state index is 13.8. The molecule has 124 valence electrons. The number of carbonyl (C=O) groups excluding carboxylic acids is 2. The van der Waals surface area contributed by atoms with Gasteiger partial charge in [-0.3, -0.25) is 0 Å². The molecule has 1 aliphatic rings. The second-order valence-corrected chi connectivity index (χ2v) is 4.65. The van der Waals surface area contributed by atoms with E-state index in [-0.39, 0.29) is 18.9 Å². The summed E-state index contributed by atoms with van der Waals surface area (Å²) in [5.74, 6) is -6.82. The van der Waals surface area contributed by atoms with Crippen molar-refractivity contribution in [3.05, 3.63) is 35.5 Å². The van der Waals surface area contributed by atoms with Crippen molar-refractivity contribution in [1.82, 2.24) is 0 Å². The van der Waals surface area contributed by atoms with Crippen LogP contribution in [0, 0.1) is 11.6 Å². The average molecular weight is 327 g/mol. The summed E-state index contributed by atoms with van der Waals surface area (Å²) in [5, 5.41) is 21.8. The first kappa shape index (κ1) is 16.7. The van der Waals surface area contributed by atoms with E-state index in [1.807, 2.05) is 0 Å². The van der Waals surface area contributed by atoms with Crippen LogP contribution in [0.4, 0.5) is 14.5 Å². The summed E-state index contributed by atoms with van der Waals surface area (Å²) in [4.78, 5) is 22.9. The molecule has 0 fully saturated rings. The van der Waals surface area contributed by atoms with Gasteiger partial charge in [0.25, 0.3) is 0 Å². The van der Waals surface area contributed by atoms with Crippen molar-refractivity contribution in [2.75, 3.05) is 25.2 Å². The molecule has 1 atom stereocenters. The van der Waals surface area contributed by atoms with Gasteiger partial charge in [-0.05, 0) is 12.1 Å². The van der Waals surface area contributed by atoms with Crippen molar-refractivity contribution >= 4 is 17.6 Å². The molecule has 0 spiro atoms. The third kappa shape index (κ3) is 3.24. The zero-order chi connectivity index (χ0) is 17.1. The molecular formula is C14H11F2NO6-2. The molecule has 1 heterocycles. The first-order valence-electron chi connectivity index (χ1n) is 6.39. The lowest BCUT2D eigenvalue weighted by Gasteiger charge is -2.36. The molecule has 0 aliphatic carbocycles. The molecular weight excluding hydrogens is 316 g/mol. The zero-order valence-corrected chi connectivity index (χ0v) is 11.9. The number of anilines is 1. The number of aliphatic carboxylic acids is 2. The number of nitrogens with zero attached hydrogens (tertiary/aromatic N) is 1. The molecule has 0 saturated heterocycles. The van der Waals surface area contributed by atoms with Gasteiger partial charge >= 0.3 is 0 Å². The first-order valence-corrected chi connectivity index (χ1v) is 6.39. The molecule has 23 heavy (non-hydrogen) atoms. The summed E-state index contributed by atoms with van der Waals surface area (Å²) in [6.45, 7) is -0.159. The number of ether oxygens (including phenoxy) is 2. The molecule has 1 aliphatic heterocycles. The number of carbonyl (C=O) groups is 2. The highest BCUT2D eigenvalue weighted by Gasteiger charge is 2.30. The number of benzene rings is 1. The maximum atomic E-state index is 13.8. The van der Waals surface area contributed by atoms with Crippen LogP contribution in [0.5, 0.6) is 5.75 Å². The number of rotatable bonds is 5.